The Kier molecular flexibility index (Phi) is 3.40. The monoisotopic (exact) mass is 259 g/mol. The lowest BCUT2D eigenvalue weighted by molar-refractivity contribution is 0.0194. The van der Waals surface area contributed by atoms with E-state index in [-0.39, 0.29) is 6.10 Å². The van der Waals surface area contributed by atoms with E-state index in [1.54, 1.807) is 0 Å². The van der Waals surface area contributed by atoms with Gasteiger partial charge in [-0.25, -0.2) is 0 Å². The van der Waals surface area contributed by atoms with Gasteiger partial charge in [-0.2, -0.15) is 0 Å². The molecular weight excluding hydrogens is 234 g/mol. The van der Waals surface area contributed by atoms with Gasteiger partial charge in [0.25, 0.3) is 0 Å². The fraction of sp³-hybridized carbons (Fsp3) is 0.647. The summed E-state index contributed by atoms with van der Waals surface area (Å²) in [6.45, 7) is 6.99. The molecule has 0 aromatic heterocycles. The fourth-order valence-corrected chi connectivity index (χ4v) is 3.63. The fourth-order valence-electron chi connectivity index (χ4n) is 3.63. The predicted octanol–water partition coefficient (Wildman–Crippen LogP) is 3.16. The minimum atomic E-state index is -0.290. The van der Waals surface area contributed by atoms with Crippen molar-refractivity contribution < 1.29 is 5.11 Å². The number of likely N-dealkylation sites (tertiary alicyclic amines) is 1. The first-order valence-corrected chi connectivity index (χ1v) is 7.63. The second-order valence-corrected chi connectivity index (χ2v) is 6.62. The molecule has 1 heterocycles. The van der Waals surface area contributed by atoms with Gasteiger partial charge in [-0.3, -0.25) is 4.90 Å². The highest BCUT2D eigenvalue weighted by Crippen LogP contribution is 2.39. The maximum absolute atomic E-state index is 10.5. The van der Waals surface area contributed by atoms with Gasteiger partial charge >= 0.3 is 0 Å². The number of fused-ring (bicyclic) bond motifs is 1. The summed E-state index contributed by atoms with van der Waals surface area (Å²) >= 11 is 0. The maximum Gasteiger partial charge on any atom is 0.0951 e. The topological polar surface area (TPSA) is 23.5 Å². The zero-order valence-electron chi connectivity index (χ0n) is 12.1. The number of hydrogen-bond acceptors (Lipinski definition) is 2. The molecule has 104 valence electrons. The van der Waals surface area contributed by atoms with E-state index in [2.05, 4.69) is 36.9 Å². The minimum absolute atomic E-state index is 0.290. The summed E-state index contributed by atoms with van der Waals surface area (Å²) in [5.74, 6) is 0. The molecule has 2 aliphatic rings. The van der Waals surface area contributed by atoms with Crippen LogP contribution in [0.4, 0.5) is 0 Å². The average Bonchev–Trinajstić information content (AvgIpc) is 2.78. The van der Waals surface area contributed by atoms with E-state index < -0.39 is 0 Å². The Morgan fingerprint density at radius 2 is 1.95 bits per heavy atom. The third-order valence-corrected chi connectivity index (χ3v) is 5.49. The van der Waals surface area contributed by atoms with E-state index in [0.717, 1.165) is 25.1 Å². The predicted molar refractivity (Wildman–Crippen MR) is 78.1 cm³/mol. The van der Waals surface area contributed by atoms with E-state index in [1.165, 1.54) is 24.8 Å². The number of aliphatic hydroxyl groups excluding tert-OH is 1. The average molecular weight is 259 g/mol. The summed E-state index contributed by atoms with van der Waals surface area (Å²) in [6.07, 6.45) is 4.53. The highest BCUT2D eigenvalue weighted by molar-refractivity contribution is 5.35. The molecule has 2 heteroatoms. The zero-order chi connectivity index (χ0) is 13.5. The molecule has 3 rings (SSSR count). The minimum Gasteiger partial charge on any atom is -0.387 e. The van der Waals surface area contributed by atoms with Crippen molar-refractivity contribution in [1.29, 1.82) is 0 Å². The normalized spacial score (nSPS) is 30.3. The van der Waals surface area contributed by atoms with Crippen LogP contribution in [0.25, 0.3) is 0 Å². The number of benzene rings is 1. The molecule has 0 amide bonds. The van der Waals surface area contributed by atoms with Crippen molar-refractivity contribution >= 4 is 0 Å². The largest absolute Gasteiger partial charge is 0.387 e. The van der Waals surface area contributed by atoms with Crippen molar-refractivity contribution in [2.75, 3.05) is 13.1 Å². The van der Waals surface area contributed by atoms with Gasteiger partial charge in [0.05, 0.1) is 6.10 Å². The van der Waals surface area contributed by atoms with Crippen molar-refractivity contribution in [3.05, 3.63) is 35.4 Å². The molecule has 1 N–H and O–H groups in total. The van der Waals surface area contributed by atoms with E-state index in [9.17, 15) is 5.11 Å². The maximum atomic E-state index is 10.5. The van der Waals surface area contributed by atoms with Gasteiger partial charge in [0, 0.05) is 6.04 Å². The van der Waals surface area contributed by atoms with Gasteiger partial charge in [0.15, 0.2) is 0 Å². The van der Waals surface area contributed by atoms with Crippen molar-refractivity contribution in [2.45, 2.75) is 51.7 Å². The molecule has 2 nitrogen and oxygen atoms in total. The van der Waals surface area contributed by atoms with Gasteiger partial charge in [-0.15, -0.1) is 0 Å². The molecule has 2 unspecified atom stereocenters. The Hall–Kier alpha value is -0.860. The summed E-state index contributed by atoms with van der Waals surface area (Å²) in [5, 5.41) is 10.5. The second-order valence-electron chi connectivity index (χ2n) is 6.62. The van der Waals surface area contributed by atoms with Crippen LogP contribution in [0.1, 0.15) is 50.3 Å². The summed E-state index contributed by atoms with van der Waals surface area (Å²) < 4.78 is 0. The lowest BCUT2D eigenvalue weighted by atomic mass is 9.78. The van der Waals surface area contributed by atoms with Crippen LogP contribution in [0.2, 0.25) is 0 Å². The van der Waals surface area contributed by atoms with Gasteiger partial charge in [0.2, 0.25) is 0 Å². The van der Waals surface area contributed by atoms with E-state index in [4.69, 9.17) is 0 Å². The Labute approximate surface area is 116 Å². The quantitative estimate of drug-likeness (QED) is 0.882. The van der Waals surface area contributed by atoms with Gasteiger partial charge in [-0.05, 0) is 48.9 Å². The van der Waals surface area contributed by atoms with E-state index in [0.29, 0.717) is 11.5 Å². The summed E-state index contributed by atoms with van der Waals surface area (Å²) in [4.78, 5) is 2.52. The Morgan fingerprint density at radius 3 is 2.58 bits per heavy atom. The van der Waals surface area contributed by atoms with Crippen LogP contribution in [0, 0.1) is 5.41 Å². The van der Waals surface area contributed by atoms with E-state index in [1.807, 2.05) is 6.07 Å². The Morgan fingerprint density at radius 1 is 1.26 bits per heavy atom. The van der Waals surface area contributed by atoms with Crippen LogP contribution in [-0.4, -0.2) is 29.1 Å². The molecule has 0 spiro atoms. The van der Waals surface area contributed by atoms with Crippen LogP contribution >= 0.6 is 0 Å². The van der Waals surface area contributed by atoms with Crippen molar-refractivity contribution in [3.8, 4) is 0 Å². The zero-order valence-corrected chi connectivity index (χ0v) is 12.1. The number of aliphatic hydroxyl groups is 1. The molecule has 1 aromatic carbocycles. The number of hydrogen-bond donors (Lipinski definition) is 1. The number of nitrogens with zero attached hydrogens (tertiary/aromatic N) is 1. The second kappa shape index (κ2) is 4.92. The first-order valence-electron chi connectivity index (χ1n) is 7.63. The smallest absolute Gasteiger partial charge is 0.0951 e. The molecule has 1 aliphatic heterocycles. The van der Waals surface area contributed by atoms with Crippen LogP contribution in [0.15, 0.2) is 24.3 Å². The molecule has 1 aromatic rings. The first kappa shape index (κ1) is 13.1. The van der Waals surface area contributed by atoms with Gasteiger partial charge in [0.1, 0.15) is 0 Å². The SMILES string of the molecule is CCC1(C)CCN(C2Cc3ccccc3C2O)CC1. The number of piperidine rings is 1. The third kappa shape index (κ3) is 2.32. The molecule has 1 fully saturated rings. The van der Waals surface area contributed by atoms with Crippen molar-refractivity contribution in [1.82, 2.24) is 4.90 Å². The van der Waals surface area contributed by atoms with Crippen LogP contribution < -0.4 is 0 Å². The molecule has 1 saturated heterocycles. The Balaban J connectivity index is 1.70. The van der Waals surface area contributed by atoms with Crippen LogP contribution in [0.3, 0.4) is 0 Å². The highest BCUT2D eigenvalue weighted by atomic mass is 16.3. The van der Waals surface area contributed by atoms with Crippen LogP contribution in [0.5, 0.6) is 0 Å². The summed E-state index contributed by atoms with van der Waals surface area (Å²) in [6, 6.07) is 8.67. The lowest BCUT2D eigenvalue weighted by Gasteiger charge is -2.42. The molecule has 1 aliphatic carbocycles. The Bertz CT molecular complexity index is 448. The molecule has 0 radical (unpaired) electrons. The molecular formula is C17H25NO. The lowest BCUT2D eigenvalue weighted by Crippen LogP contribution is -2.46. The molecule has 2 atom stereocenters. The number of rotatable bonds is 2. The standard InChI is InChI=1S/C17H25NO/c1-3-17(2)8-10-18(11-9-17)15-12-13-6-4-5-7-14(13)16(15)19/h4-7,15-16,19H,3,8-12H2,1-2H3. The van der Waals surface area contributed by atoms with Crippen LogP contribution in [-0.2, 0) is 6.42 Å². The van der Waals surface area contributed by atoms with Crippen molar-refractivity contribution in [3.63, 3.8) is 0 Å². The summed E-state index contributed by atoms with van der Waals surface area (Å²) in [7, 11) is 0. The van der Waals surface area contributed by atoms with E-state index >= 15 is 0 Å². The first-order chi connectivity index (χ1) is 9.13. The van der Waals surface area contributed by atoms with Gasteiger partial charge < -0.3 is 5.11 Å². The molecule has 0 bridgehead atoms. The molecule has 0 saturated carbocycles. The van der Waals surface area contributed by atoms with Gasteiger partial charge in [-0.1, -0.05) is 44.5 Å². The molecule has 19 heavy (non-hydrogen) atoms. The summed E-state index contributed by atoms with van der Waals surface area (Å²) in [5.41, 5.74) is 3.01. The van der Waals surface area contributed by atoms with Crippen molar-refractivity contribution in [2.24, 2.45) is 5.41 Å². The highest BCUT2D eigenvalue weighted by Gasteiger charge is 2.38. The third-order valence-electron chi connectivity index (χ3n) is 5.49.